The van der Waals surface area contributed by atoms with Crippen LogP contribution >= 0.6 is 0 Å². The molecule has 108 valence electrons. The number of methoxy groups -OCH3 is 1. The first-order chi connectivity index (χ1) is 8.90. The van der Waals surface area contributed by atoms with E-state index < -0.39 is 5.97 Å². The van der Waals surface area contributed by atoms with Gasteiger partial charge in [-0.1, -0.05) is 6.92 Å². The van der Waals surface area contributed by atoms with Crippen molar-refractivity contribution in [2.75, 3.05) is 13.7 Å². The van der Waals surface area contributed by atoms with E-state index in [-0.39, 0.29) is 12.6 Å². The number of hydrogen-bond donors (Lipinski definition) is 1. The van der Waals surface area contributed by atoms with Gasteiger partial charge in [-0.25, -0.2) is 4.68 Å². The molecule has 0 aliphatic rings. The first-order valence-corrected chi connectivity index (χ1v) is 6.42. The molecular weight excluding hydrogens is 246 g/mol. The van der Waals surface area contributed by atoms with Gasteiger partial charge in [0.15, 0.2) is 0 Å². The second-order valence-corrected chi connectivity index (χ2v) is 4.75. The smallest absolute Gasteiger partial charge is 0.317 e. The van der Waals surface area contributed by atoms with E-state index in [9.17, 15) is 4.79 Å². The van der Waals surface area contributed by atoms with Gasteiger partial charge >= 0.3 is 5.97 Å². The van der Waals surface area contributed by atoms with Crippen LogP contribution in [0.25, 0.3) is 0 Å². The number of aromatic nitrogens is 2. The molecule has 0 saturated heterocycles. The molecule has 1 atom stereocenters. The number of rotatable bonds is 7. The van der Waals surface area contributed by atoms with Crippen molar-refractivity contribution in [3.05, 3.63) is 11.3 Å². The third-order valence-corrected chi connectivity index (χ3v) is 3.40. The number of ether oxygens (including phenoxy) is 1. The highest BCUT2D eigenvalue weighted by atomic mass is 16.5. The molecule has 0 aliphatic heterocycles. The van der Waals surface area contributed by atoms with Crippen LogP contribution in [0.4, 0.5) is 0 Å². The molecule has 0 bridgehead atoms. The van der Waals surface area contributed by atoms with Gasteiger partial charge in [0.25, 0.3) is 0 Å². The fourth-order valence-corrected chi connectivity index (χ4v) is 2.12. The van der Waals surface area contributed by atoms with E-state index in [1.165, 1.54) is 0 Å². The van der Waals surface area contributed by atoms with Gasteiger partial charge in [0.05, 0.1) is 24.9 Å². The topological polar surface area (TPSA) is 67.6 Å². The lowest BCUT2D eigenvalue weighted by molar-refractivity contribution is -0.139. The van der Waals surface area contributed by atoms with E-state index in [2.05, 4.69) is 5.10 Å². The summed E-state index contributed by atoms with van der Waals surface area (Å²) in [6.45, 7) is 6.54. The van der Waals surface area contributed by atoms with Crippen molar-refractivity contribution in [3.8, 4) is 5.88 Å². The average Bonchev–Trinajstić information content (AvgIpc) is 2.61. The minimum atomic E-state index is -0.819. The molecule has 1 N–H and O–H groups in total. The van der Waals surface area contributed by atoms with Gasteiger partial charge in [-0.05, 0) is 20.3 Å². The standard InChI is InChI=1S/C13H23N3O3/c1-6-9(2)16(8-12(17)18)7-11-10(3)14-15(4)13(11)19-5/h9H,6-8H2,1-5H3,(H,17,18). The molecule has 1 aromatic rings. The van der Waals surface area contributed by atoms with Gasteiger partial charge in [-0.15, -0.1) is 0 Å². The fraction of sp³-hybridized carbons (Fsp3) is 0.692. The lowest BCUT2D eigenvalue weighted by atomic mass is 10.1. The predicted molar refractivity (Wildman–Crippen MR) is 72.3 cm³/mol. The Kier molecular flexibility index (Phi) is 5.35. The maximum atomic E-state index is 11.0. The number of aliphatic carboxylic acids is 1. The Balaban J connectivity index is 2.98. The minimum absolute atomic E-state index is 0.0203. The molecule has 0 spiro atoms. The van der Waals surface area contributed by atoms with Crippen molar-refractivity contribution in [1.29, 1.82) is 0 Å². The van der Waals surface area contributed by atoms with Crippen LogP contribution in [-0.4, -0.2) is 45.5 Å². The summed E-state index contributed by atoms with van der Waals surface area (Å²) in [5.74, 6) is -0.128. The normalized spacial score (nSPS) is 12.7. The lowest BCUT2D eigenvalue weighted by Gasteiger charge is -2.26. The van der Waals surface area contributed by atoms with Gasteiger partial charge in [0.1, 0.15) is 0 Å². The van der Waals surface area contributed by atoms with Gasteiger partial charge < -0.3 is 9.84 Å². The molecule has 0 saturated carbocycles. The molecule has 1 aromatic heterocycles. The summed E-state index contributed by atoms with van der Waals surface area (Å²) in [4.78, 5) is 12.9. The first-order valence-electron chi connectivity index (χ1n) is 6.42. The Morgan fingerprint density at radius 3 is 2.68 bits per heavy atom. The van der Waals surface area contributed by atoms with Crippen LogP contribution in [0.5, 0.6) is 5.88 Å². The van der Waals surface area contributed by atoms with Crippen molar-refractivity contribution in [3.63, 3.8) is 0 Å². The molecule has 19 heavy (non-hydrogen) atoms. The van der Waals surface area contributed by atoms with Crippen molar-refractivity contribution in [2.24, 2.45) is 7.05 Å². The quantitative estimate of drug-likeness (QED) is 0.811. The maximum Gasteiger partial charge on any atom is 0.317 e. The van der Waals surface area contributed by atoms with E-state index in [0.29, 0.717) is 12.4 Å². The Bertz CT molecular complexity index is 443. The zero-order chi connectivity index (χ0) is 14.6. The Morgan fingerprint density at radius 2 is 2.21 bits per heavy atom. The molecule has 1 unspecified atom stereocenters. The first kappa shape index (κ1) is 15.5. The highest BCUT2D eigenvalue weighted by Crippen LogP contribution is 2.23. The summed E-state index contributed by atoms with van der Waals surface area (Å²) in [5, 5.41) is 13.3. The van der Waals surface area contributed by atoms with Crippen LogP contribution < -0.4 is 4.74 Å². The van der Waals surface area contributed by atoms with Crippen LogP contribution in [0.1, 0.15) is 31.5 Å². The number of carbonyl (C=O) groups is 1. The molecule has 1 heterocycles. The monoisotopic (exact) mass is 269 g/mol. The SMILES string of the molecule is CCC(C)N(CC(=O)O)Cc1c(C)nn(C)c1OC. The van der Waals surface area contributed by atoms with Gasteiger partial charge in [-0.2, -0.15) is 5.10 Å². The average molecular weight is 269 g/mol. The number of nitrogens with zero attached hydrogens (tertiary/aromatic N) is 3. The van der Waals surface area contributed by atoms with Crippen molar-refractivity contribution >= 4 is 5.97 Å². The van der Waals surface area contributed by atoms with Crippen LogP contribution in [0.15, 0.2) is 0 Å². The highest BCUT2D eigenvalue weighted by molar-refractivity contribution is 5.69. The molecule has 6 nitrogen and oxygen atoms in total. The predicted octanol–water partition coefficient (Wildman–Crippen LogP) is 1.42. The highest BCUT2D eigenvalue weighted by Gasteiger charge is 2.21. The number of aryl methyl sites for hydroxylation is 2. The van der Waals surface area contributed by atoms with Crippen molar-refractivity contribution in [1.82, 2.24) is 14.7 Å². The Hall–Kier alpha value is -1.56. The zero-order valence-corrected chi connectivity index (χ0v) is 12.3. The van der Waals surface area contributed by atoms with Crippen LogP contribution in [0, 0.1) is 6.92 Å². The van der Waals surface area contributed by atoms with Crippen molar-refractivity contribution < 1.29 is 14.6 Å². The Labute approximate surface area is 114 Å². The molecule has 0 radical (unpaired) electrons. The minimum Gasteiger partial charge on any atom is -0.481 e. The zero-order valence-electron chi connectivity index (χ0n) is 12.3. The van der Waals surface area contributed by atoms with Crippen LogP contribution in [0.3, 0.4) is 0 Å². The van der Waals surface area contributed by atoms with Gasteiger partial charge in [0.2, 0.25) is 5.88 Å². The fourth-order valence-electron chi connectivity index (χ4n) is 2.12. The van der Waals surface area contributed by atoms with Crippen molar-refractivity contribution in [2.45, 2.75) is 39.8 Å². The van der Waals surface area contributed by atoms with E-state index in [1.54, 1.807) is 11.8 Å². The van der Waals surface area contributed by atoms with Gasteiger partial charge in [-0.3, -0.25) is 9.69 Å². The number of carboxylic acid groups (broad SMARTS) is 1. The maximum absolute atomic E-state index is 11.0. The third-order valence-electron chi connectivity index (χ3n) is 3.40. The van der Waals surface area contributed by atoms with Gasteiger partial charge in [0, 0.05) is 19.6 Å². The third kappa shape index (κ3) is 3.70. The summed E-state index contributed by atoms with van der Waals surface area (Å²) in [6.07, 6.45) is 0.898. The van der Waals surface area contributed by atoms with E-state index in [0.717, 1.165) is 17.7 Å². The lowest BCUT2D eigenvalue weighted by Crippen LogP contribution is -2.36. The molecule has 1 rings (SSSR count). The summed E-state index contributed by atoms with van der Waals surface area (Å²) in [6, 6.07) is 0.195. The molecule has 0 aliphatic carbocycles. The molecular formula is C13H23N3O3. The molecule has 0 fully saturated rings. The largest absolute Gasteiger partial charge is 0.481 e. The van der Waals surface area contributed by atoms with E-state index >= 15 is 0 Å². The van der Waals surface area contributed by atoms with Crippen LogP contribution in [0.2, 0.25) is 0 Å². The second-order valence-electron chi connectivity index (χ2n) is 4.75. The Morgan fingerprint density at radius 1 is 1.58 bits per heavy atom. The summed E-state index contributed by atoms with van der Waals surface area (Å²) >= 11 is 0. The number of hydrogen-bond acceptors (Lipinski definition) is 4. The summed E-state index contributed by atoms with van der Waals surface area (Å²) in [5.41, 5.74) is 1.82. The molecule has 0 amide bonds. The summed E-state index contributed by atoms with van der Waals surface area (Å²) < 4.78 is 7.02. The van der Waals surface area contributed by atoms with Crippen LogP contribution in [-0.2, 0) is 18.4 Å². The molecule has 0 aromatic carbocycles. The second kappa shape index (κ2) is 6.56. The molecule has 6 heteroatoms. The van der Waals surface area contributed by atoms with E-state index in [4.69, 9.17) is 9.84 Å². The van der Waals surface area contributed by atoms with E-state index in [1.807, 2.05) is 32.7 Å². The number of carboxylic acids is 1. The summed E-state index contributed by atoms with van der Waals surface area (Å²) in [7, 11) is 3.42.